The standard InChI is InChI=1S/C16H18O4/c1-17-13-6-8-14(9-7-13)19-10-11-20-16-5-3-4-15(12-16)18-2/h3-9,12H,10-11H2,1-2H3. The van der Waals surface area contributed by atoms with E-state index < -0.39 is 0 Å². The quantitative estimate of drug-likeness (QED) is 0.727. The van der Waals surface area contributed by atoms with Crippen LogP contribution in [0.4, 0.5) is 0 Å². The lowest BCUT2D eigenvalue weighted by atomic mass is 10.3. The van der Waals surface area contributed by atoms with Gasteiger partial charge in [-0.3, -0.25) is 0 Å². The fourth-order valence-corrected chi connectivity index (χ4v) is 1.68. The molecule has 0 aromatic heterocycles. The molecule has 0 aliphatic rings. The second-order valence-electron chi connectivity index (χ2n) is 4.05. The Morgan fingerprint density at radius 1 is 0.650 bits per heavy atom. The van der Waals surface area contributed by atoms with Crippen molar-refractivity contribution in [1.82, 2.24) is 0 Å². The highest BCUT2D eigenvalue weighted by Crippen LogP contribution is 2.19. The van der Waals surface area contributed by atoms with Crippen molar-refractivity contribution in [3.8, 4) is 23.0 Å². The van der Waals surface area contributed by atoms with Crippen molar-refractivity contribution in [3.63, 3.8) is 0 Å². The molecule has 0 aliphatic heterocycles. The molecule has 20 heavy (non-hydrogen) atoms. The molecule has 0 unspecified atom stereocenters. The Labute approximate surface area is 118 Å². The van der Waals surface area contributed by atoms with E-state index in [4.69, 9.17) is 18.9 Å². The Kier molecular flexibility index (Phi) is 5.12. The normalized spacial score (nSPS) is 9.90. The van der Waals surface area contributed by atoms with Crippen molar-refractivity contribution in [3.05, 3.63) is 48.5 Å². The summed E-state index contributed by atoms with van der Waals surface area (Å²) in [6.07, 6.45) is 0. The maximum absolute atomic E-state index is 5.59. The average Bonchev–Trinajstić information content (AvgIpc) is 2.52. The fourth-order valence-electron chi connectivity index (χ4n) is 1.68. The summed E-state index contributed by atoms with van der Waals surface area (Å²) in [6, 6.07) is 14.9. The lowest BCUT2D eigenvalue weighted by Crippen LogP contribution is -2.08. The Morgan fingerprint density at radius 3 is 1.85 bits per heavy atom. The molecule has 0 radical (unpaired) electrons. The summed E-state index contributed by atoms with van der Waals surface area (Å²) in [4.78, 5) is 0. The number of hydrogen-bond acceptors (Lipinski definition) is 4. The Hall–Kier alpha value is -2.36. The minimum absolute atomic E-state index is 0.471. The van der Waals surface area contributed by atoms with Gasteiger partial charge >= 0.3 is 0 Å². The molecule has 4 nitrogen and oxygen atoms in total. The first-order valence-electron chi connectivity index (χ1n) is 6.35. The summed E-state index contributed by atoms with van der Waals surface area (Å²) < 4.78 is 21.4. The molecule has 0 aliphatic carbocycles. The highest BCUT2D eigenvalue weighted by molar-refractivity contribution is 5.33. The zero-order valence-corrected chi connectivity index (χ0v) is 11.7. The van der Waals surface area contributed by atoms with Crippen LogP contribution in [0.1, 0.15) is 0 Å². The third kappa shape index (κ3) is 4.09. The van der Waals surface area contributed by atoms with Gasteiger partial charge in [0, 0.05) is 6.07 Å². The molecule has 0 fully saturated rings. The third-order valence-corrected chi connectivity index (χ3v) is 2.72. The van der Waals surface area contributed by atoms with E-state index in [1.165, 1.54) is 0 Å². The average molecular weight is 274 g/mol. The molecule has 2 aromatic carbocycles. The lowest BCUT2D eigenvalue weighted by molar-refractivity contribution is 0.216. The molecule has 4 heteroatoms. The number of benzene rings is 2. The Balaban J connectivity index is 1.75. The van der Waals surface area contributed by atoms with Crippen molar-refractivity contribution in [2.75, 3.05) is 27.4 Å². The molecule has 0 saturated carbocycles. The van der Waals surface area contributed by atoms with E-state index in [2.05, 4.69) is 0 Å². The van der Waals surface area contributed by atoms with Gasteiger partial charge in [-0.05, 0) is 36.4 Å². The molecule has 0 atom stereocenters. The van der Waals surface area contributed by atoms with Crippen LogP contribution in [0.5, 0.6) is 23.0 Å². The van der Waals surface area contributed by atoms with E-state index in [0.29, 0.717) is 13.2 Å². The first-order chi connectivity index (χ1) is 9.81. The van der Waals surface area contributed by atoms with Crippen LogP contribution in [0.2, 0.25) is 0 Å². The second-order valence-corrected chi connectivity index (χ2v) is 4.05. The highest BCUT2D eigenvalue weighted by Gasteiger charge is 1.98. The minimum Gasteiger partial charge on any atom is -0.497 e. The molecule has 0 bridgehead atoms. The van der Waals surface area contributed by atoms with Crippen molar-refractivity contribution in [2.45, 2.75) is 0 Å². The van der Waals surface area contributed by atoms with E-state index >= 15 is 0 Å². The van der Waals surface area contributed by atoms with Crippen LogP contribution in [-0.4, -0.2) is 27.4 Å². The second kappa shape index (κ2) is 7.28. The monoisotopic (exact) mass is 274 g/mol. The largest absolute Gasteiger partial charge is 0.497 e. The van der Waals surface area contributed by atoms with Gasteiger partial charge in [-0.15, -0.1) is 0 Å². The predicted molar refractivity (Wildman–Crippen MR) is 77.0 cm³/mol. The van der Waals surface area contributed by atoms with Gasteiger partial charge < -0.3 is 18.9 Å². The maximum atomic E-state index is 5.59. The molecule has 0 heterocycles. The Morgan fingerprint density at radius 2 is 1.20 bits per heavy atom. The molecular weight excluding hydrogens is 256 g/mol. The van der Waals surface area contributed by atoms with Gasteiger partial charge in [-0.2, -0.15) is 0 Å². The molecule has 106 valence electrons. The van der Waals surface area contributed by atoms with E-state index in [-0.39, 0.29) is 0 Å². The zero-order chi connectivity index (χ0) is 14.2. The Bertz CT molecular complexity index is 522. The predicted octanol–water partition coefficient (Wildman–Crippen LogP) is 3.16. The molecule has 0 spiro atoms. The summed E-state index contributed by atoms with van der Waals surface area (Å²) in [5.41, 5.74) is 0. The van der Waals surface area contributed by atoms with Gasteiger partial charge in [0.25, 0.3) is 0 Å². The van der Waals surface area contributed by atoms with Crippen LogP contribution in [0, 0.1) is 0 Å². The van der Waals surface area contributed by atoms with Gasteiger partial charge in [0.2, 0.25) is 0 Å². The molecule has 0 amide bonds. The van der Waals surface area contributed by atoms with Crippen molar-refractivity contribution in [2.24, 2.45) is 0 Å². The summed E-state index contributed by atoms with van der Waals surface area (Å²) in [6.45, 7) is 0.947. The molecule has 0 saturated heterocycles. The molecule has 2 rings (SSSR count). The molecular formula is C16H18O4. The van der Waals surface area contributed by atoms with Crippen LogP contribution in [0.3, 0.4) is 0 Å². The van der Waals surface area contributed by atoms with Gasteiger partial charge in [0.1, 0.15) is 36.2 Å². The lowest BCUT2D eigenvalue weighted by Gasteiger charge is -2.09. The summed E-state index contributed by atoms with van der Waals surface area (Å²) in [5, 5.41) is 0. The summed E-state index contributed by atoms with van der Waals surface area (Å²) in [5.74, 6) is 3.14. The zero-order valence-electron chi connectivity index (χ0n) is 11.7. The van der Waals surface area contributed by atoms with Crippen LogP contribution >= 0.6 is 0 Å². The van der Waals surface area contributed by atoms with E-state index in [9.17, 15) is 0 Å². The smallest absolute Gasteiger partial charge is 0.123 e. The first-order valence-corrected chi connectivity index (χ1v) is 6.35. The number of rotatable bonds is 7. The van der Waals surface area contributed by atoms with Crippen molar-refractivity contribution in [1.29, 1.82) is 0 Å². The maximum Gasteiger partial charge on any atom is 0.123 e. The SMILES string of the molecule is COc1ccc(OCCOc2cccc(OC)c2)cc1. The van der Waals surface area contributed by atoms with Gasteiger partial charge in [0.05, 0.1) is 14.2 Å². The summed E-state index contributed by atoms with van der Waals surface area (Å²) >= 11 is 0. The van der Waals surface area contributed by atoms with E-state index in [0.717, 1.165) is 23.0 Å². The van der Waals surface area contributed by atoms with Crippen LogP contribution < -0.4 is 18.9 Å². The molecule has 0 N–H and O–H groups in total. The van der Waals surface area contributed by atoms with Crippen molar-refractivity contribution < 1.29 is 18.9 Å². The van der Waals surface area contributed by atoms with E-state index in [1.54, 1.807) is 14.2 Å². The van der Waals surface area contributed by atoms with Gasteiger partial charge in [0.15, 0.2) is 0 Å². The minimum atomic E-state index is 0.471. The third-order valence-electron chi connectivity index (χ3n) is 2.72. The number of methoxy groups -OCH3 is 2. The van der Waals surface area contributed by atoms with E-state index in [1.807, 2.05) is 48.5 Å². The van der Waals surface area contributed by atoms with Crippen LogP contribution in [0.15, 0.2) is 48.5 Å². The highest BCUT2D eigenvalue weighted by atomic mass is 16.5. The first kappa shape index (κ1) is 14.1. The van der Waals surface area contributed by atoms with Gasteiger partial charge in [-0.1, -0.05) is 6.07 Å². The number of ether oxygens (including phenoxy) is 4. The fraction of sp³-hybridized carbons (Fsp3) is 0.250. The summed E-state index contributed by atoms with van der Waals surface area (Å²) in [7, 11) is 3.27. The van der Waals surface area contributed by atoms with Crippen LogP contribution in [-0.2, 0) is 0 Å². The van der Waals surface area contributed by atoms with Gasteiger partial charge in [-0.25, -0.2) is 0 Å². The van der Waals surface area contributed by atoms with Crippen molar-refractivity contribution >= 4 is 0 Å². The van der Waals surface area contributed by atoms with Crippen LogP contribution in [0.25, 0.3) is 0 Å². The number of hydrogen-bond donors (Lipinski definition) is 0. The molecule has 2 aromatic rings. The topological polar surface area (TPSA) is 36.9 Å².